The monoisotopic (exact) mass is 518 g/mol. The fourth-order valence-corrected chi connectivity index (χ4v) is 2.82. The van der Waals surface area contributed by atoms with E-state index < -0.39 is 35.0 Å². The molecule has 0 spiro atoms. The number of carboxylic acids is 1. The Morgan fingerprint density at radius 3 is 1.94 bits per heavy atom. The van der Waals surface area contributed by atoms with E-state index in [4.69, 9.17) is 9.90 Å². The third-order valence-corrected chi connectivity index (χ3v) is 4.45. The third-order valence-electron chi connectivity index (χ3n) is 4.45. The summed E-state index contributed by atoms with van der Waals surface area (Å²) in [6.45, 7) is 5.91. The van der Waals surface area contributed by atoms with Crippen LogP contribution in [0.3, 0.4) is 0 Å². The highest BCUT2D eigenvalue weighted by molar-refractivity contribution is 5.73. The maximum Gasteiger partial charge on any atom is 0.490 e. The standard InChI is InChI=1S/C20H19F3N4O2.C2HF3O2/c1-19(2,3)16-13(24-10-25-16)9-15-18(29)26-14(17(28)27-15)8-11-5-4-6-12(7-11)20(21,22)23;3-2(4,5)1(6)7/h4-10H,1-3H3,(H,24,25)(H,26,29)(H,27,28);(H,6,7)/b14-8-,15-9-;. The molecule has 0 unspecified atom stereocenters. The van der Waals surface area contributed by atoms with Crippen LogP contribution >= 0.6 is 0 Å². The Morgan fingerprint density at radius 1 is 0.944 bits per heavy atom. The summed E-state index contributed by atoms with van der Waals surface area (Å²) in [6, 6.07) is 4.47. The fraction of sp³-hybridized carbons (Fsp3) is 0.273. The number of hydrogen-bond acceptors (Lipinski definition) is 4. The number of aromatic amines is 3. The number of aromatic nitrogens is 4. The van der Waals surface area contributed by atoms with Crippen LogP contribution in [0.4, 0.5) is 26.3 Å². The first-order valence-electron chi connectivity index (χ1n) is 9.97. The van der Waals surface area contributed by atoms with Gasteiger partial charge in [-0.1, -0.05) is 32.9 Å². The summed E-state index contributed by atoms with van der Waals surface area (Å²) >= 11 is 0. The maximum atomic E-state index is 12.8. The number of alkyl halides is 6. The number of H-pyrrole nitrogens is 3. The predicted octanol–water partition coefficient (Wildman–Crippen LogP) is 2.39. The smallest absolute Gasteiger partial charge is 0.475 e. The number of imidazole rings is 1. The quantitative estimate of drug-likeness (QED) is 0.387. The molecule has 3 rings (SSSR count). The summed E-state index contributed by atoms with van der Waals surface area (Å²) in [5.41, 5.74) is -0.896. The van der Waals surface area contributed by atoms with Gasteiger partial charge in [0.25, 0.3) is 11.1 Å². The summed E-state index contributed by atoms with van der Waals surface area (Å²) in [6.07, 6.45) is -5.45. The Kier molecular flexibility index (Phi) is 8.02. The van der Waals surface area contributed by atoms with Gasteiger partial charge in [0, 0.05) is 11.1 Å². The highest BCUT2D eigenvalue weighted by Gasteiger charge is 2.38. The molecule has 3 aromatic rings. The van der Waals surface area contributed by atoms with Gasteiger partial charge < -0.3 is 20.1 Å². The van der Waals surface area contributed by atoms with Gasteiger partial charge >= 0.3 is 18.3 Å². The summed E-state index contributed by atoms with van der Waals surface area (Å²) in [5.74, 6) is -2.76. The molecule has 0 fully saturated rings. The number of benzene rings is 1. The number of carboxylic acid groups (broad SMARTS) is 1. The summed E-state index contributed by atoms with van der Waals surface area (Å²) < 4.78 is 70.3. The van der Waals surface area contributed by atoms with E-state index in [2.05, 4.69) is 19.9 Å². The van der Waals surface area contributed by atoms with Gasteiger partial charge in [-0.15, -0.1) is 0 Å². The number of hydrogen-bond donors (Lipinski definition) is 4. The third kappa shape index (κ3) is 7.45. The zero-order valence-electron chi connectivity index (χ0n) is 18.9. The van der Waals surface area contributed by atoms with Crippen LogP contribution in [-0.2, 0) is 16.4 Å². The molecule has 4 N–H and O–H groups in total. The second-order valence-electron chi connectivity index (χ2n) is 8.36. The van der Waals surface area contributed by atoms with Crippen molar-refractivity contribution in [3.05, 3.63) is 84.5 Å². The number of carbonyl (C=O) groups is 1. The topological polar surface area (TPSA) is 132 Å². The van der Waals surface area contributed by atoms with E-state index in [1.165, 1.54) is 30.6 Å². The summed E-state index contributed by atoms with van der Waals surface area (Å²) in [5, 5.41) is 6.97. The highest BCUT2D eigenvalue weighted by atomic mass is 19.4. The molecule has 2 heterocycles. The van der Waals surface area contributed by atoms with E-state index in [1.807, 2.05) is 20.8 Å². The predicted molar refractivity (Wildman–Crippen MR) is 116 cm³/mol. The van der Waals surface area contributed by atoms with Crippen LogP contribution in [0.5, 0.6) is 0 Å². The van der Waals surface area contributed by atoms with Crippen LogP contribution in [-0.4, -0.2) is 37.2 Å². The molecule has 0 aliphatic rings. The van der Waals surface area contributed by atoms with E-state index >= 15 is 0 Å². The molecule has 1 aromatic carbocycles. The number of nitrogens with zero attached hydrogens (tertiary/aromatic N) is 1. The van der Waals surface area contributed by atoms with Crippen molar-refractivity contribution < 1.29 is 36.2 Å². The minimum atomic E-state index is -5.08. The van der Waals surface area contributed by atoms with Crippen molar-refractivity contribution in [3.63, 3.8) is 0 Å². The zero-order valence-corrected chi connectivity index (χ0v) is 18.9. The molecular weight excluding hydrogens is 498 g/mol. The zero-order chi connectivity index (χ0) is 27.5. The van der Waals surface area contributed by atoms with Crippen molar-refractivity contribution >= 4 is 18.1 Å². The molecule has 14 heteroatoms. The average molecular weight is 518 g/mol. The van der Waals surface area contributed by atoms with Crippen LogP contribution in [0.2, 0.25) is 0 Å². The molecule has 0 saturated heterocycles. The normalized spacial score (nSPS) is 13.4. The van der Waals surface area contributed by atoms with Crippen molar-refractivity contribution in [2.45, 2.75) is 38.5 Å². The summed E-state index contributed by atoms with van der Waals surface area (Å²) in [7, 11) is 0. The van der Waals surface area contributed by atoms with E-state index in [0.717, 1.165) is 17.8 Å². The first kappa shape index (κ1) is 28.1. The molecular formula is C22H20F6N4O4. The lowest BCUT2D eigenvalue weighted by atomic mass is 9.90. The Bertz CT molecular complexity index is 1470. The minimum Gasteiger partial charge on any atom is -0.475 e. The van der Waals surface area contributed by atoms with Crippen LogP contribution in [0, 0.1) is 0 Å². The van der Waals surface area contributed by atoms with E-state index in [1.54, 1.807) is 0 Å². The van der Waals surface area contributed by atoms with Gasteiger partial charge in [0.05, 0.1) is 17.6 Å². The van der Waals surface area contributed by atoms with E-state index in [9.17, 15) is 35.9 Å². The summed E-state index contributed by atoms with van der Waals surface area (Å²) in [4.78, 5) is 45.7. The van der Waals surface area contributed by atoms with Crippen LogP contribution in [0.15, 0.2) is 40.2 Å². The Hall–Kier alpha value is -4.10. The van der Waals surface area contributed by atoms with Crippen LogP contribution in [0.1, 0.15) is 43.3 Å². The lowest BCUT2D eigenvalue weighted by Gasteiger charge is -2.16. The second-order valence-corrected chi connectivity index (χ2v) is 8.36. The van der Waals surface area contributed by atoms with Gasteiger partial charge in [-0.05, 0) is 29.8 Å². The van der Waals surface area contributed by atoms with Crippen LogP contribution in [0.25, 0.3) is 12.2 Å². The van der Waals surface area contributed by atoms with Crippen molar-refractivity contribution in [2.24, 2.45) is 0 Å². The number of halogens is 6. The molecule has 0 aliphatic carbocycles. The Morgan fingerprint density at radius 2 is 1.47 bits per heavy atom. The van der Waals surface area contributed by atoms with Crippen molar-refractivity contribution in [2.75, 3.05) is 0 Å². The number of rotatable bonds is 2. The van der Waals surface area contributed by atoms with E-state index in [0.29, 0.717) is 5.69 Å². The molecule has 0 aliphatic heterocycles. The molecule has 36 heavy (non-hydrogen) atoms. The maximum absolute atomic E-state index is 12.8. The molecule has 194 valence electrons. The van der Waals surface area contributed by atoms with Crippen LogP contribution < -0.4 is 21.8 Å². The first-order chi connectivity index (χ1) is 16.4. The van der Waals surface area contributed by atoms with Gasteiger partial charge in [0.1, 0.15) is 10.7 Å². The average Bonchev–Trinajstić information content (AvgIpc) is 3.20. The van der Waals surface area contributed by atoms with Crippen molar-refractivity contribution in [1.29, 1.82) is 0 Å². The molecule has 0 saturated carbocycles. The SMILES string of the molecule is CC(C)(C)c1[nH]cnc1/C=c1\[nH]c(=O)/c(=C/c2cccc(C(F)(F)F)c2)[nH]c1=O.O=C(O)C(F)(F)F. The molecule has 0 radical (unpaired) electrons. The Balaban J connectivity index is 0.000000572. The van der Waals surface area contributed by atoms with Crippen molar-refractivity contribution in [1.82, 2.24) is 19.9 Å². The molecule has 2 aromatic heterocycles. The second kappa shape index (κ2) is 10.3. The van der Waals surface area contributed by atoms with Gasteiger partial charge in [0.2, 0.25) is 0 Å². The minimum absolute atomic E-state index is 0.00575. The number of aliphatic carboxylic acids is 1. The van der Waals surface area contributed by atoms with Gasteiger partial charge in [-0.25, -0.2) is 9.78 Å². The lowest BCUT2D eigenvalue weighted by molar-refractivity contribution is -0.192. The van der Waals surface area contributed by atoms with Gasteiger partial charge in [0.15, 0.2) is 0 Å². The molecule has 8 nitrogen and oxygen atoms in total. The number of nitrogens with one attached hydrogen (secondary N) is 3. The Labute approximate surface area is 198 Å². The van der Waals surface area contributed by atoms with Crippen molar-refractivity contribution in [3.8, 4) is 0 Å². The largest absolute Gasteiger partial charge is 0.490 e. The highest BCUT2D eigenvalue weighted by Crippen LogP contribution is 2.29. The molecule has 0 amide bonds. The molecule has 0 atom stereocenters. The van der Waals surface area contributed by atoms with Gasteiger partial charge in [-0.3, -0.25) is 9.59 Å². The van der Waals surface area contributed by atoms with Gasteiger partial charge in [-0.2, -0.15) is 26.3 Å². The molecule has 0 bridgehead atoms. The lowest BCUT2D eigenvalue weighted by Crippen LogP contribution is -2.46. The fourth-order valence-electron chi connectivity index (χ4n) is 2.82. The van der Waals surface area contributed by atoms with E-state index in [-0.39, 0.29) is 21.7 Å². The first-order valence-corrected chi connectivity index (χ1v) is 9.97.